The van der Waals surface area contributed by atoms with Crippen molar-refractivity contribution in [1.29, 1.82) is 0 Å². The lowest BCUT2D eigenvalue weighted by atomic mass is 10.1. The van der Waals surface area contributed by atoms with Crippen molar-refractivity contribution in [3.05, 3.63) is 134 Å². The molecule has 0 fully saturated rings. The molecule has 12 heterocycles. The summed E-state index contributed by atoms with van der Waals surface area (Å²) in [5.41, 5.74) is 13.3. The molecular formula is C48H22N10. The minimum atomic E-state index is 0.665. The highest BCUT2D eigenvalue weighted by Crippen LogP contribution is 2.35. The predicted molar refractivity (Wildman–Crippen MR) is 232 cm³/mol. The highest BCUT2D eigenvalue weighted by atomic mass is 14.9. The fourth-order valence-electron chi connectivity index (χ4n) is 8.73. The van der Waals surface area contributed by atoms with Crippen molar-refractivity contribution in [1.82, 2.24) is 49.8 Å². The average molecular weight is 739 g/mol. The van der Waals surface area contributed by atoms with Crippen LogP contribution in [0.5, 0.6) is 0 Å². The summed E-state index contributed by atoms with van der Waals surface area (Å²) in [5, 5.41) is 7.30. The molecule has 10 nitrogen and oxygen atoms in total. The summed E-state index contributed by atoms with van der Waals surface area (Å²) in [5.74, 6) is 0. The quantitative estimate of drug-likeness (QED) is 0.139. The van der Waals surface area contributed by atoms with E-state index in [9.17, 15) is 0 Å². The molecule has 0 N–H and O–H groups in total. The number of hydrogen-bond donors (Lipinski definition) is 0. The molecule has 0 unspecified atom stereocenters. The third kappa shape index (κ3) is 4.09. The molecule has 0 amide bonds. The zero-order chi connectivity index (χ0) is 37.6. The molecule has 12 aromatic heterocycles. The van der Waals surface area contributed by atoms with Gasteiger partial charge < -0.3 is 0 Å². The minimum Gasteiger partial charge on any atom is -0.255 e. The molecule has 0 saturated heterocycles. The predicted octanol–water partition coefficient (Wildman–Crippen LogP) is 10.6. The second kappa shape index (κ2) is 10.7. The molecule has 58 heavy (non-hydrogen) atoms. The largest absolute Gasteiger partial charge is 0.255 e. The van der Waals surface area contributed by atoms with Gasteiger partial charge in [0.15, 0.2) is 0 Å². The average Bonchev–Trinajstić information content (AvgIpc) is 3.28. The number of benzene rings is 2. The summed E-state index contributed by atoms with van der Waals surface area (Å²) < 4.78 is 0. The normalized spacial score (nSPS) is 12.5. The Morgan fingerprint density at radius 2 is 0.500 bits per heavy atom. The van der Waals surface area contributed by atoms with Crippen molar-refractivity contribution in [3.63, 3.8) is 0 Å². The first-order valence-electron chi connectivity index (χ1n) is 19.0. The summed E-state index contributed by atoms with van der Waals surface area (Å²) in [6.45, 7) is 0. The van der Waals surface area contributed by atoms with Gasteiger partial charge in [-0.2, -0.15) is 0 Å². The van der Waals surface area contributed by atoms with Crippen LogP contribution in [0.25, 0.3) is 142 Å². The molecule has 14 aromatic rings. The van der Waals surface area contributed by atoms with Crippen LogP contribution in [-0.4, -0.2) is 49.8 Å². The highest BCUT2D eigenvalue weighted by Gasteiger charge is 2.16. The van der Waals surface area contributed by atoms with E-state index in [2.05, 4.69) is 72.8 Å². The fraction of sp³-hybridized carbons (Fsp3) is 0. The number of pyridine rings is 10. The van der Waals surface area contributed by atoms with Crippen molar-refractivity contribution >= 4 is 142 Å². The molecule has 0 radical (unpaired) electrons. The van der Waals surface area contributed by atoms with Gasteiger partial charge in [-0.1, -0.05) is 48.5 Å². The Bertz CT molecular complexity index is 3950. The summed E-state index contributed by atoms with van der Waals surface area (Å²) in [6, 6.07) is 41.0. The maximum atomic E-state index is 5.42. The number of hydrogen-bond acceptors (Lipinski definition) is 10. The number of aromatic nitrogens is 10. The molecule has 16 bridgehead atoms. The van der Waals surface area contributed by atoms with Crippen LogP contribution < -0.4 is 0 Å². The monoisotopic (exact) mass is 738 g/mol. The number of nitrogens with zero attached hydrogens (tertiary/aromatic N) is 10. The second-order valence-electron chi connectivity index (χ2n) is 14.9. The maximum absolute atomic E-state index is 5.42. The number of rotatable bonds is 0. The molecule has 0 aliphatic carbocycles. The van der Waals surface area contributed by atoms with Crippen LogP contribution in [0.15, 0.2) is 134 Å². The van der Waals surface area contributed by atoms with Gasteiger partial charge in [-0.25, -0.2) is 39.9 Å². The lowest BCUT2D eigenvalue weighted by molar-refractivity contribution is 1.37. The van der Waals surface area contributed by atoms with Crippen LogP contribution in [0.1, 0.15) is 0 Å². The standard InChI is InChI=1S/C48H22N10/c1-3-25-7-11-33-29-21-39-36-14-16-38-46(56-36)28(18-20-50-38)32-10-6-24-2-4-26-8-12-34(54-44(26)42(24)52-32)30-22-40(57-47(29)48(30)58-39)35-13-15-37-45(55-35)27(17-19-49-37)31-9-5-23(1)41(51-31)43(25)53-33/h1-22H. The molecule has 0 spiro atoms. The lowest BCUT2D eigenvalue weighted by Crippen LogP contribution is -1.94. The Kier molecular flexibility index (Phi) is 5.56. The zero-order valence-electron chi connectivity index (χ0n) is 30.2. The summed E-state index contributed by atoms with van der Waals surface area (Å²) >= 11 is 0. The van der Waals surface area contributed by atoms with Crippen molar-refractivity contribution in [2.45, 2.75) is 0 Å². The van der Waals surface area contributed by atoms with Gasteiger partial charge in [-0.3, -0.25) is 9.97 Å². The van der Waals surface area contributed by atoms with Gasteiger partial charge in [0, 0.05) is 55.5 Å². The first-order valence-corrected chi connectivity index (χ1v) is 19.0. The lowest BCUT2D eigenvalue weighted by Gasteiger charge is -2.10. The molecule has 2 aromatic carbocycles. The number of fused-ring (bicyclic) bond motifs is 14. The van der Waals surface area contributed by atoms with Crippen LogP contribution in [0, 0.1) is 0 Å². The van der Waals surface area contributed by atoms with Crippen molar-refractivity contribution < 1.29 is 0 Å². The summed E-state index contributed by atoms with van der Waals surface area (Å²) in [7, 11) is 0. The van der Waals surface area contributed by atoms with E-state index in [-0.39, 0.29) is 0 Å². The molecule has 0 saturated carbocycles. The second-order valence-corrected chi connectivity index (χ2v) is 14.9. The third-order valence-corrected chi connectivity index (χ3v) is 11.6. The van der Waals surface area contributed by atoms with Crippen molar-refractivity contribution in [2.24, 2.45) is 0 Å². The Balaban J connectivity index is 1.31. The third-order valence-electron chi connectivity index (χ3n) is 11.6. The zero-order valence-corrected chi connectivity index (χ0v) is 30.2. The Labute approximate surface area is 324 Å². The minimum absolute atomic E-state index is 0.665. The van der Waals surface area contributed by atoms with Crippen molar-refractivity contribution in [2.75, 3.05) is 0 Å². The topological polar surface area (TPSA) is 129 Å². The van der Waals surface area contributed by atoms with E-state index in [0.717, 1.165) is 109 Å². The Hall–Kier alpha value is -8.24. The van der Waals surface area contributed by atoms with E-state index < -0.39 is 0 Å². The van der Waals surface area contributed by atoms with Gasteiger partial charge >= 0.3 is 0 Å². The van der Waals surface area contributed by atoms with Gasteiger partial charge in [0.1, 0.15) is 0 Å². The van der Waals surface area contributed by atoms with Crippen LogP contribution in [-0.2, 0) is 0 Å². The first-order chi connectivity index (χ1) is 28.7. The van der Waals surface area contributed by atoms with Gasteiger partial charge in [-0.05, 0) is 72.8 Å². The van der Waals surface area contributed by atoms with Gasteiger partial charge in [0.2, 0.25) is 0 Å². The van der Waals surface area contributed by atoms with Crippen LogP contribution in [0.3, 0.4) is 0 Å². The van der Waals surface area contributed by atoms with E-state index >= 15 is 0 Å². The van der Waals surface area contributed by atoms with Gasteiger partial charge in [0.25, 0.3) is 0 Å². The molecule has 0 aliphatic heterocycles. The van der Waals surface area contributed by atoms with E-state index in [1.165, 1.54) is 0 Å². The summed E-state index contributed by atoms with van der Waals surface area (Å²) in [6.07, 6.45) is 3.62. The van der Waals surface area contributed by atoms with Gasteiger partial charge in [0.05, 0.1) is 99.3 Å². The Morgan fingerprint density at radius 3 is 0.897 bits per heavy atom. The molecule has 0 aliphatic rings. The van der Waals surface area contributed by atoms with Gasteiger partial charge in [-0.15, -0.1) is 0 Å². The van der Waals surface area contributed by atoms with Crippen molar-refractivity contribution in [3.8, 4) is 0 Å². The first kappa shape index (κ1) is 30.0. The molecule has 0 atom stereocenters. The molecule has 10 heteroatoms. The molecular weight excluding hydrogens is 717 g/mol. The van der Waals surface area contributed by atoms with Crippen LogP contribution >= 0.6 is 0 Å². The van der Waals surface area contributed by atoms with E-state index in [0.29, 0.717) is 33.1 Å². The SMILES string of the molecule is c1cc2c3ccc4ccc5ccc(nc5c4n3)c3cc4nc5c(cc(nc35)c3ccc(n1)c2n3)c1ccc2ccc3ccc(nc3c2n1)c1ccnc2ccc4nc21. The molecule has 264 valence electrons. The summed E-state index contributed by atoms with van der Waals surface area (Å²) in [4.78, 5) is 52.1. The maximum Gasteiger partial charge on any atom is 0.0996 e. The molecule has 14 rings (SSSR count). The Morgan fingerprint density at radius 1 is 0.207 bits per heavy atom. The van der Waals surface area contributed by atoms with E-state index in [1.54, 1.807) is 0 Å². The van der Waals surface area contributed by atoms with E-state index in [1.807, 2.05) is 60.9 Å². The smallest absolute Gasteiger partial charge is 0.0996 e. The van der Waals surface area contributed by atoms with Crippen LogP contribution in [0.4, 0.5) is 0 Å². The highest BCUT2D eigenvalue weighted by molar-refractivity contribution is 6.18. The van der Waals surface area contributed by atoms with E-state index in [4.69, 9.17) is 49.8 Å². The fourth-order valence-corrected chi connectivity index (χ4v) is 8.73. The van der Waals surface area contributed by atoms with Crippen LogP contribution in [0.2, 0.25) is 0 Å².